The van der Waals surface area contributed by atoms with Crippen molar-refractivity contribution in [3.8, 4) is 0 Å². The van der Waals surface area contributed by atoms with E-state index in [-0.39, 0.29) is 0 Å². The molecule has 0 spiro atoms. The van der Waals surface area contributed by atoms with E-state index < -0.39 is 0 Å². The van der Waals surface area contributed by atoms with Crippen molar-refractivity contribution >= 4 is 9.76 Å². The average Bonchev–Trinajstić information content (AvgIpc) is 2.05. The van der Waals surface area contributed by atoms with Crippen molar-refractivity contribution in [2.75, 3.05) is 6.54 Å². The third-order valence-corrected chi connectivity index (χ3v) is 2.70. The summed E-state index contributed by atoms with van der Waals surface area (Å²) in [4.78, 5) is 0. The van der Waals surface area contributed by atoms with Crippen LogP contribution in [0.3, 0.4) is 0 Å². The molecular formula is C8H19NOSi. The van der Waals surface area contributed by atoms with Crippen LogP contribution >= 0.6 is 0 Å². The van der Waals surface area contributed by atoms with Crippen LogP contribution in [0.4, 0.5) is 0 Å². The Morgan fingerprint density at radius 3 is 2.45 bits per heavy atom. The van der Waals surface area contributed by atoms with Gasteiger partial charge < -0.3 is 10.2 Å². The highest BCUT2D eigenvalue weighted by Crippen LogP contribution is 2.02. The van der Waals surface area contributed by atoms with E-state index in [0.717, 1.165) is 31.9 Å². The highest BCUT2D eigenvalue weighted by Gasteiger charge is 2.02. The van der Waals surface area contributed by atoms with Crippen LogP contribution in [0.25, 0.3) is 0 Å². The lowest BCUT2D eigenvalue weighted by Crippen LogP contribution is -2.14. The van der Waals surface area contributed by atoms with Gasteiger partial charge in [0.05, 0.1) is 0 Å². The molecular weight excluding hydrogens is 154 g/mol. The van der Waals surface area contributed by atoms with Crippen LogP contribution in [-0.4, -0.2) is 22.4 Å². The van der Waals surface area contributed by atoms with Gasteiger partial charge in [0.2, 0.25) is 9.76 Å². The summed E-state index contributed by atoms with van der Waals surface area (Å²) in [7, 11) is 0.653. The molecule has 0 unspecified atom stereocenters. The van der Waals surface area contributed by atoms with Gasteiger partial charge in [0.1, 0.15) is 0 Å². The largest absolute Gasteiger partial charge is 0.415 e. The van der Waals surface area contributed by atoms with Crippen LogP contribution in [0, 0.1) is 0 Å². The molecule has 0 atom stereocenters. The molecule has 66 valence electrons. The second kappa shape index (κ2) is 8.24. The Morgan fingerprint density at radius 1 is 1.36 bits per heavy atom. The Morgan fingerprint density at radius 2 is 2.00 bits per heavy atom. The summed E-state index contributed by atoms with van der Waals surface area (Å²) in [6, 6.07) is 1.13. The average molecular weight is 173 g/mol. The molecule has 0 aromatic heterocycles. The molecule has 0 saturated carbocycles. The molecule has 3 heteroatoms. The zero-order valence-corrected chi connectivity index (χ0v) is 8.60. The Balaban J connectivity index is 3.07. The maximum atomic E-state index is 5.61. The number of hydrogen-bond donors (Lipinski definition) is 1. The van der Waals surface area contributed by atoms with Crippen LogP contribution in [0.2, 0.25) is 6.04 Å². The van der Waals surface area contributed by atoms with Crippen molar-refractivity contribution in [1.82, 2.24) is 0 Å². The maximum absolute atomic E-state index is 5.61. The van der Waals surface area contributed by atoms with Crippen molar-refractivity contribution in [1.29, 1.82) is 0 Å². The Labute approximate surface area is 72.4 Å². The summed E-state index contributed by atoms with van der Waals surface area (Å²) in [6.45, 7) is 5.13. The molecule has 2 N–H and O–H groups in total. The predicted molar refractivity (Wildman–Crippen MR) is 49.7 cm³/mol. The van der Waals surface area contributed by atoms with Gasteiger partial charge >= 0.3 is 0 Å². The zero-order chi connectivity index (χ0) is 8.53. The van der Waals surface area contributed by atoms with Gasteiger partial charge in [0.15, 0.2) is 0 Å². The summed E-state index contributed by atoms with van der Waals surface area (Å²) in [5, 5.41) is 0. The van der Waals surface area contributed by atoms with Crippen LogP contribution in [-0.2, 0) is 4.43 Å². The van der Waals surface area contributed by atoms with E-state index in [1.807, 2.05) is 0 Å². The van der Waals surface area contributed by atoms with Gasteiger partial charge in [-0.15, -0.1) is 0 Å². The van der Waals surface area contributed by atoms with E-state index >= 15 is 0 Å². The molecule has 0 aliphatic rings. The van der Waals surface area contributed by atoms with Gasteiger partial charge in [-0.05, 0) is 31.9 Å². The first-order chi connectivity index (χ1) is 5.35. The quantitative estimate of drug-likeness (QED) is 0.468. The van der Waals surface area contributed by atoms with Crippen molar-refractivity contribution in [3.05, 3.63) is 0 Å². The summed E-state index contributed by atoms with van der Waals surface area (Å²) in [5.41, 5.74) is 5.36. The lowest BCUT2D eigenvalue weighted by atomic mass is 10.2. The fourth-order valence-electron chi connectivity index (χ4n) is 0.806. The molecule has 0 aliphatic carbocycles. The second-order valence-electron chi connectivity index (χ2n) is 2.59. The highest BCUT2D eigenvalue weighted by molar-refractivity contribution is 6.27. The minimum absolute atomic E-state index is 0.478. The lowest BCUT2D eigenvalue weighted by molar-refractivity contribution is 0.202. The van der Waals surface area contributed by atoms with Crippen LogP contribution < -0.4 is 5.73 Å². The summed E-state index contributed by atoms with van der Waals surface area (Å²) >= 11 is 0. The van der Waals surface area contributed by atoms with Gasteiger partial charge in [-0.1, -0.05) is 13.8 Å². The first-order valence-corrected chi connectivity index (χ1v) is 5.55. The van der Waals surface area contributed by atoms with Gasteiger partial charge in [-0.3, -0.25) is 0 Å². The SMILES string of the molecule is CCC(CC)O[Si]CCCN. The molecule has 2 radical (unpaired) electrons. The lowest BCUT2D eigenvalue weighted by Gasteiger charge is -2.12. The van der Waals surface area contributed by atoms with Crippen LogP contribution in [0.5, 0.6) is 0 Å². The topological polar surface area (TPSA) is 35.2 Å². The molecule has 0 fully saturated rings. The zero-order valence-electron chi connectivity index (χ0n) is 7.60. The minimum Gasteiger partial charge on any atom is -0.415 e. The van der Waals surface area contributed by atoms with Crippen LogP contribution in [0.1, 0.15) is 33.1 Å². The number of rotatable bonds is 7. The minimum atomic E-state index is 0.478. The van der Waals surface area contributed by atoms with Gasteiger partial charge in [0.25, 0.3) is 0 Å². The molecule has 0 heterocycles. The highest BCUT2D eigenvalue weighted by atomic mass is 28.2. The maximum Gasteiger partial charge on any atom is 0.230 e. The smallest absolute Gasteiger partial charge is 0.230 e. The number of hydrogen-bond acceptors (Lipinski definition) is 2. The van der Waals surface area contributed by atoms with Gasteiger partial charge in [-0.2, -0.15) is 0 Å². The standard InChI is InChI=1S/C8H19NOSi/c1-3-8(4-2)10-11-7-5-6-9/h8H,3-7,9H2,1-2H3. The molecule has 2 nitrogen and oxygen atoms in total. The molecule has 0 saturated heterocycles. The van der Waals surface area contributed by atoms with E-state index in [4.69, 9.17) is 10.2 Å². The summed E-state index contributed by atoms with van der Waals surface area (Å²) in [6.07, 6.45) is 3.84. The monoisotopic (exact) mass is 173 g/mol. The van der Waals surface area contributed by atoms with E-state index in [9.17, 15) is 0 Å². The fourth-order valence-corrected chi connectivity index (χ4v) is 1.84. The first-order valence-electron chi connectivity index (χ1n) is 4.43. The normalized spacial score (nSPS) is 10.9. The van der Waals surface area contributed by atoms with Crippen molar-refractivity contribution in [2.24, 2.45) is 5.73 Å². The van der Waals surface area contributed by atoms with E-state index in [2.05, 4.69) is 13.8 Å². The predicted octanol–water partition coefficient (Wildman–Crippen LogP) is 1.58. The van der Waals surface area contributed by atoms with Crippen molar-refractivity contribution < 1.29 is 4.43 Å². The van der Waals surface area contributed by atoms with Gasteiger partial charge in [-0.25, -0.2) is 0 Å². The molecule has 11 heavy (non-hydrogen) atoms. The molecule has 0 aromatic carbocycles. The van der Waals surface area contributed by atoms with E-state index in [1.54, 1.807) is 0 Å². The first kappa shape index (κ1) is 11.1. The van der Waals surface area contributed by atoms with Crippen molar-refractivity contribution in [3.63, 3.8) is 0 Å². The molecule has 0 aromatic rings. The Bertz CT molecular complexity index is 76.5. The molecule has 0 bridgehead atoms. The summed E-state index contributed by atoms with van der Waals surface area (Å²) < 4.78 is 5.61. The van der Waals surface area contributed by atoms with E-state index in [1.165, 1.54) is 0 Å². The van der Waals surface area contributed by atoms with Crippen LogP contribution in [0.15, 0.2) is 0 Å². The molecule has 0 amide bonds. The Hall–Kier alpha value is 0.137. The third kappa shape index (κ3) is 6.53. The fraction of sp³-hybridized carbons (Fsp3) is 1.00. The second-order valence-corrected chi connectivity index (χ2v) is 3.62. The van der Waals surface area contributed by atoms with Gasteiger partial charge in [0, 0.05) is 6.10 Å². The van der Waals surface area contributed by atoms with Crippen molar-refractivity contribution in [2.45, 2.75) is 45.3 Å². The molecule has 0 aliphatic heterocycles. The third-order valence-electron chi connectivity index (χ3n) is 1.64. The number of nitrogens with two attached hydrogens (primary N) is 1. The summed E-state index contributed by atoms with van der Waals surface area (Å²) in [5.74, 6) is 0. The van der Waals surface area contributed by atoms with E-state index in [0.29, 0.717) is 15.9 Å². The Kier molecular flexibility index (Phi) is 8.34. The molecule has 0 rings (SSSR count).